The number of hydrogen-bond donors (Lipinski definition) is 2. The minimum Gasteiger partial charge on any atom is -0.348 e. The Labute approximate surface area is 119 Å². The van der Waals surface area contributed by atoms with Crippen molar-refractivity contribution in [3.05, 3.63) is 34.9 Å². The molecule has 0 aromatic heterocycles. The van der Waals surface area contributed by atoms with Gasteiger partial charge in [0.25, 0.3) is 0 Å². The highest BCUT2D eigenvalue weighted by atomic mass is 35.5. The third-order valence-corrected chi connectivity index (χ3v) is 3.88. The van der Waals surface area contributed by atoms with E-state index in [2.05, 4.69) is 17.6 Å². The summed E-state index contributed by atoms with van der Waals surface area (Å²) < 4.78 is 0. The molecule has 1 amide bonds. The minimum absolute atomic E-state index is 0.0323. The molecule has 4 heteroatoms. The fraction of sp³-hybridized carbons (Fsp3) is 0.533. The number of amides is 1. The molecule has 1 aromatic rings. The Morgan fingerprint density at radius 3 is 2.74 bits per heavy atom. The van der Waals surface area contributed by atoms with Gasteiger partial charge in [-0.1, -0.05) is 37.1 Å². The van der Waals surface area contributed by atoms with Crippen molar-refractivity contribution in [3.63, 3.8) is 0 Å². The molecule has 2 N–H and O–H groups in total. The van der Waals surface area contributed by atoms with Crippen LogP contribution in [0.4, 0.5) is 0 Å². The van der Waals surface area contributed by atoms with Crippen LogP contribution in [0.15, 0.2) is 24.3 Å². The van der Waals surface area contributed by atoms with Crippen LogP contribution in [0.25, 0.3) is 0 Å². The van der Waals surface area contributed by atoms with E-state index in [0.717, 1.165) is 42.8 Å². The van der Waals surface area contributed by atoms with Gasteiger partial charge in [0, 0.05) is 5.02 Å². The van der Waals surface area contributed by atoms with E-state index in [9.17, 15) is 4.79 Å². The summed E-state index contributed by atoms with van der Waals surface area (Å²) in [5.41, 5.74) is 1.11. The van der Waals surface area contributed by atoms with Crippen molar-refractivity contribution >= 4 is 17.5 Å². The van der Waals surface area contributed by atoms with E-state index in [1.807, 2.05) is 24.3 Å². The lowest BCUT2D eigenvalue weighted by Crippen LogP contribution is -2.47. The van der Waals surface area contributed by atoms with Gasteiger partial charge in [0.05, 0.1) is 12.1 Å². The first-order chi connectivity index (χ1) is 9.20. The third-order valence-electron chi connectivity index (χ3n) is 3.62. The normalized spacial score (nSPS) is 20.8. The lowest BCUT2D eigenvalue weighted by atomic mass is 10.0. The van der Waals surface area contributed by atoms with Gasteiger partial charge >= 0.3 is 0 Å². The van der Waals surface area contributed by atoms with Gasteiger partial charge in [-0.15, -0.1) is 0 Å². The summed E-state index contributed by atoms with van der Waals surface area (Å²) in [6, 6.07) is 7.72. The van der Waals surface area contributed by atoms with E-state index >= 15 is 0 Å². The molecule has 3 nitrogen and oxygen atoms in total. The van der Waals surface area contributed by atoms with Crippen LogP contribution in [0.5, 0.6) is 0 Å². The molecule has 1 fully saturated rings. The summed E-state index contributed by atoms with van der Waals surface area (Å²) >= 11 is 5.89. The van der Waals surface area contributed by atoms with Gasteiger partial charge < -0.3 is 10.6 Å². The zero-order chi connectivity index (χ0) is 13.7. The number of hydrogen-bond acceptors (Lipinski definition) is 2. The van der Waals surface area contributed by atoms with Crippen LogP contribution in [-0.2, 0) is 4.79 Å². The molecule has 104 valence electrons. The Morgan fingerprint density at radius 2 is 2.16 bits per heavy atom. The number of carbonyl (C=O) groups excluding carboxylic acids is 1. The van der Waals surface area contributed by atoms with E-state index in [1.165, 1.54) is 0 Å². The Kier molecular flexibility index (Phi) is 5.23. The van der Waals surface area contributed by atoms with E-state index in [1.54, 1.807) is 0 Å². The van der Waals surface area contributed by atoms with Crippen molar-refractivity contribution in [2.75, 3.05) is 6.54 Å². The molecule has 0 radical (unpaired) electrons. The summed E-state index contributed by atoms with van der Waals surface area (Å²) in [7, 11) is 0. The first-order valence-corrected chi connectivity index (χ1v) is 7.37. The highest BCUT2D eigenvalue weighted by molar-refractivity contribution is 6.30. The first kappa shape index (κ1) is 14.4. The molecule has 19 heavy (non-hydrogen) atoms. The summed E-state index contributed by atoms with van der Waals surface area (Å²) in [6.45, 7) is 3.02. The molecule has 0 bridgehead atoms. The lowest BCUT2D eigenvalue weighted by Gasteiger charge is -2.25. The van der Waals surface area contributed by atoms with Gasteiger partial charge in [-0.2, -0.15) is 0 Å². The zero-order valence-corrected chi connectivity index (χ0v) is 12.0. The molecule has 0 aliphatic carbocycles. The van der Waals surface area contributed by atoms with E-state index in [0.29, 0.717) is 0 Å². The van der Waals surface area contributed by atoms with Gasteiger partial charge in [0.2, 0.25) is 5.91 Å². The molecule has 0 saturated carbocycles. The number of halogens is 1. The molecular weight excluding hydrogens is 260 g/mol. The van der Waals surface area contributed by atoms with E-state index in [-0.39, 0.29) is 18.0 Å². The maximum absolute atomic E-state index is 12.2. The van der Waals surface area contributed by atoms with Crippen molar-refractivity contribution in [3.8, 4) is 0 Å². The summed E-state index contributed by atoms with van der Waals surface area (Å²) in [5.74, 6) is 0.113. The molecular formula is C15H21ClN2O. The van der Waals surface area contributed by atoms with Crippen molar-refractivity contribution in [2.24, 2.45) is 0 Å². The summed E-state index contributed by atoms with van der Waals surface area (Å²) in [4.78, 5) is 12.2. The van der Waals surface area contributed by atoms with Gasteiger partial charge in [0.1, 0.15) is 0 Å². The second-order valence-electron chi connectivity index (χ2n) is 5.02. The van der Waals surface area contributed by atoms with Crippen molar-refractivity contribution in [1.29, 1.82) is 0 Å². The minimum atomic E-state index is -0.0323. The van der Waals surface area contributed by atoms with Gasteiger partial charge in [-0.05, 0) is 43.5 Å². The number of benzene rings is 1. The lowest BCUT2D eigenvalue weighted by molar-refractivity contribution is -0.124. The topological polar surface area (TPSA) is 41.1 Å². The van der Waals surface area contributed by atoms with Crippen LogP contribution in [0.3, 0.4) is 0 Å². The summed E-state index contributed by atoms with van der Waals surface area (Å²) in [6.07, 6.45) is 4.10. The maximum atomic E-state index is 12.2. The van der Waals surface area contributed by atoms with Crippen LogP contribution in [0, 0.1) is 0 Å². The number of nitrogens with one attached hydrogen (secondary N) is 2. The molecule has 1 aliphatic heterocycles. The average molecular weight is 281 g/mol. The molecule has 1 aliphatic rings. The van der Waals surface area contributed by atoms with Crippen LogP contribution < -0.4 is 10.6 Å². The Morgan fingerprint density at radius 1 is 1.42 bits per heavy atom. The van der Waals surface area contributed by atoms with Crippen LogP contribution in [0.2, 0.25) is 5.02 Å². The fourth-order valence-electron chi connectivity index (χ4n) is 2.46. The quantitative estimate of drug-likeness (QED) is 0.890. The Hall–Kier alpha value is -1.06. The van der Waals surface area contributed by atoms with Crippen LogP contribution in [0.1, 0.15) is 44.2 Å². The SMILES string of the molecule is CCC(NC(=O)C1CCCCN1)c1ccc(Cl)cc1. The van der Waals surface area contributed by atoms with Crippen LogP contribution >= 0.6 is 11.6 Å². The highest BCUT2D eigenvalue weighted by Crippen LogP contribution is 2.19. The van der Waals surface area contributed by atoms with Gasteiger partial charge in [-0.3, -0.25) is 4.79 Å². The molecule has 2 atom stereocenters. The molecule has 1 aromatic carbocycles. The average Bonchev–Trinajstić information content (AvgIpc) is 2.46. The highest BCUT2D eigenvalue weighted by Gasteiger charge is 2.22. The van der Waals surface area contributed by atoms with Crippen molar-refractivity contribution in [2.45, 2.75) is 44.7 Å². The van der Waals surface area contributed by atoms with Crippen molar-refractivity contribution in [1.82, 2.24) is 10.6 Å². The summed E-state index contributed by atoms with van der Waals surface area (Å²) in [5, 5.41) is 7.12. The molecule has 1 heterocycles. The largest absolute Gasteiger partial charge is 0.348 e. The second-order valence-corrected chi connectivity index (χ2v) is 5.46. The second kappa shape index (κ2) is 6.92. The monoisotopic (exact) mass is 280 g/mol. The maximum Gasteiger partial charge on any atom is 0.237 e. The first-order valence-electron chi connectivity index (χ1n) is 7.00. The zero-order valence-electron chi connectivity index (χ0n) is 11.3. The third kappa shape index (κ3) is 3.95. The number of carbonyl (C=O) groups is 1. The molecule has 0 spiro atoms. The Bertz CT molecular complexity index is 413. The van der Waals surface area contributed by atoms with E-state index < -0.39 is 0 Å². The molecule has 2 rings (SSSR count). The predicted molar refractivity (Wildman–Crippen MR) is 78.3 cm³/mol. The standard InChI is InChI=1S/C15H21ClN2O/c1-2-13(11-6-8-12(16)9-7-11)18-15(19)14-5-3-4-10-17-14/h6-9,13-14,17H,2-5,10H2,1H3,(H,18,19). The molecule has 2 unspecified atom stereocenters. The number of rotatable bonds is 4. The van der Waals surface area contributed by atoms with E-state index in [4.69, 9.17) is 11.6 Å². The predicted octanol–water partition coefficient (Wildman–Crippen LogP) is 3.05. The number of piperidine rings is 1. The van der Waals surface area contributed by atoms with Gasteiger partial charge in [0.15, 0.2) is 0 Å². The fourth-order valence-corrected chi connectivity index (χ4v) is 2.59. The molecule has 1 saturated heterocycles. The Balaban J connectivity index is 1.98. The van der Waals surface area contributed by atoms with Crippen molar-refractivity contribution < 1.29 is 4.79 Å². The van der Waals surface area contributed by atoms with Gasteiger partial charge in [-0.25, -0.2) is 0 Å². The van der Waals surface area contributed by atoms with Crippen LogP contribution in [-0.4, -0.2) is 18.5 Å². The smallest absolute Gasteiger partial charge is 0.237 e.